The number of anilines is 6. The minimum atomic E-state index is -0.516. The van der Waals surface area contributed by atoms with Gasteiger partial charge in [0.05, 0.1) is 138 Å². The molecule has 30 nitrogen and oxygen atoms in total. The summed E-state index contributed by atoms with van der Waals surface area (Å²) in [6.45, 7) is 1.51. The van der Waals surface area contributed by atoms with Crippen LogP contribution in [0.3, 0.4) is 0 Å². The van der Waals surface area contributed by atoms with Crippen LogP contribution in [0.5, 0.6) is 51.7 Å². The standard InChI is InChI=1S/C25H26FN7O4.C20H17ClFN5O3.C12H15N3O3.C8H3Cl2FN2.C5H10N2O/c1-35-18-10-14(11-19(36-2)22(18)37-3)32-12-20(28-13-32)30-24-21-15(26)6-4-7-16(21)29-25(31-24)33-9-5-8-17(33)23(27)34;1-28-14-7-11(8-15(29-2)18(14)30-3)27-9-16(23-10-27)25-19-17-12(22)5-4-6-13(17)24-20(21)26-19;1-16-9-4-8(15-6-11(13)14-7-15)5-10(17-2)12(9)18-3;9-7-6-4(11)2-1-3-5(6)12-8(10)13-7;6-5(8)4-2-1-3-7-4/h4,6-7,10-13,17H,5,8-9H2,1-3H3,(H2,27,34)(H,29,30,31);4-10H,1-3H3,(H,24,25,26);4-7H,13H2,1-3H3;1-3H;4,7H,1-3H2,(H2,6,8)/t17-;;;;4-/m0...0/s1. The van der Waals surface area contributed by atoms with Crippen molar-refractivity contribution in [1.82, 2.24) is 63.9 Å². The molecule has 554 valence electrons. The third kappa shape index (κ3) is 17.6. The molecule has 36 heteroatoms. The van der Waals surface area contributed by atoms with Crippen LogP contribution in [0.1, 0.15) is 25.7 Å². The molecule has 2 saturated heterocycles. The Hall–Kier alpha value is -12.1. The molecule has 0 radical (unpaired) electrons. The zero-order chi connectivity index (χ0) is 75.9. The number of carbonyl (C=O) groups is 2. The lowest BCUT2D eigenvalue weighted by molar-refractivity contribution is -0.120. The predicted octanol–water partition coefficient (Wildman–Crippen LogP) is 11.3. The average Bonchev–Trinajstić information content (AvgIpc) is 1.42. The average molecular weight is 1520 g/mol. The van der Waals surface area contributed by atoms with E-state index >= 15 is 0 Å². The van der Waals surface area contributed by atoms with Crippen molar-refractivity contribution in [2.45, 2.75) is 37.8 Å². The SMILES string of the molecule is COc1cc(-n2cnc(N)c2)cc(OC)c1OC.COc1cc(-n2cnc(Nc3nc(Cl)nc4cccc(F)c34)c2)cc(OC)c1OC.COc1cc(-n2cnc(Nc3nc(N4CCC[C@H]4C(N)=O)nc4cccc(F)c34)c2)cc(OC)c1OC.Fc1cccc2nc(Cl)nc(Cl)c12.NC(=O)[C@@H]1CCCN1. The molecule has 0 unspecified atom stereocenters. The van der Waals surface area contributed by atoms with Crippen LogP contribution in [0.25, 0.3) is 49.8 Å². The number of ether oxygens (including phenoxy) is 9. The van der Waals surface area contributed by atoms with E-state index in [2.05, 4.69) is 60.8 Å². The smallest absolute Gasteiger partial charge is 0.240 e. The van der Waals surface area contributed by atoms with E-state index in [4.69, 9.17) is 94.6 Å². The summed E-state index contributed by atoms with van der Waals surface area (Å²) in [5, 5.41) is 9.79. The summed E-state index contributed by atoms with van der Waals surface area (Å²) in [6.07, 6.45) is 13.3. The quantitative estimate of drug-likeness (QED) is 0.0323. The van der Waals surface area contributed by atoms with E-state index in [1.165, 1.54) is 52.7 Å². The number of imidazole rings is 3. The number of hydrogen-bond donors (Lipinski definition) is 6. The van der Waals surface area contributed by atoms with E-state index in [0.29, 0.717) is 110 Å². The molecule has 0 spiro atoms. The number of nitrogen functional groups attached to an aromatic ring is 1. The lowest BCUT2D eigenvalue weighted by Gasteiger charge is -2.23. The third-order valence-corrected chi connectivity index (χ3v) is 16.9. The van der Waals surface area contributed by atoms with Gasteiger partial charge in [-0.05, 0) is 91.8 Å². The highest BCUT2D eigenvalue weighted by atomic mass is 35.5. The maximum Gasteiger partial charge on any atom is 0.240 e. The second-order valence-electron chi connectivity index (χ2n) is 22.6. The first kappa shape index (κ1) is 76.6. The van der Waals surface area contributed by atoms with Crippen LogP contribution in [-0.2, 0) is 9.59 Å². The minimum absolute atomic E-state index is 0.000315. The third-order valence-electron chi connectivity index (χ3n) is 16.3. The van der Waals surface area contributed by atoms with Crippen LogP contribution in [0, 0.1) is 17.5 Å². The van der Waals surface area contributed by atoms with Gasteiger partial charge in [-0.1, -0.05) is 29.8 Å². The van der Waals surface area contributed by atoms with E-state index in [9.17, 15) is 22.8 Å². The lowest BCUT2D eigenvalue weighted by atomic mass is 10.2. The summed E-state index contributed by atoms with van der Waals surface area (Å²) >= 11 is 17.2. The highest BCUT2D eigenvalue weighted by Gasteiger charge is 2.32. The van der Waals surface area contributed by atoms with Crippen molar-refractivity contribution in [3.8, 4) is 68.8 Å². The maximum atomic E-state index is 14.9. The fourth-order valence-corrected chi connectivity index (χ4v) is 11.9. The first-order chi connectivity index (χ1) is 51.1. The Morgan fingerprint density at radius 2 is 0.896 bits per heavy atom. The van der Waals surface area contributed by atoms with Crippen LogP contribution in [0.15, 0.2) is 129 Å². The molecule has 14 rings (SSSR count). The van der Waals surface area contributed by atoms with Gasteiger partial charge < -0.3 is 94.4 Å². The number of methoxy groups -OCH3 is 9. The van der Waals surface area contributed by atoms with E-state index in [1.807, 2.05) is 12.1 Å². The van der Waals surface area contributed by atoms with Gasteiger partial charge in [0.2, 0.25) is 45.6 Å². The Kier molecular flexibility index (Phi) is 25.2. The Balaban J connectivity index is 0.000000154. The van der Waals surface area contributed by atoms with Crippen molar-refractivity contribution in [1.29, 1.82) is 0 Å². The Bertz CT molecular complexity index is 5060. The highest BCUT2D eigenvalue weighted by Crippen LogP contribution is 2.43. The van der Waals surface area contributed by atoms with Crippen molar-refractivity contribution in [3.63, 3.8) is 0 Å². The molecule has 0 saturated carbocycles. The van der Waals surface area contributed by atoms with Gasteiger partial charge in [0, 0.05) is 42.9 Å². The molecule has 6 aromatic carbocycles. The number of nitrogens with two attached hydrogens (primary N) is 3. The second-order valence-corrected chi connectivity index (χ2v) is 23.7. The molecule has 2 aliphatic rings. The van der Waals surface area contributed by atoms with Crippen LogP contribution >= 0.6 is 34.8 Å². The van der Waals surface area contributed by atoms with Crippen LogP contribution < -0.4 is 80.7 Å². The summed E-state index contributed by atoms with van der Waals surface area (Å²) in [6, 6.07) is 23.8. The first-order valence-corrected chi connectivity index (χ1v) is 33.0. The number of fused-ring (bicyclic) bond motifs is 3. The molecule has 6 aromatic heterocycles. The number of rotatable bonds is 19. The van der Waals surface area contributed by atoms with Crippen LogP contribution in [0.4, 0.5) is 48.2 Å². The topological polar surface area (TPSA) is 365 Å². The summed E-state index contributed by atoms with van der Waals surface area (Å²) in [5.41, 5.74) is 19.6. The summed E-state index contributed by atoms with van der Waals surface area (Å²) < 4.78 is 95.9. The van der Waals surface area contributed by atoms with E-state index in [1.54, 1.807) is 146 Å². The van der Waals surface area contributed by atoms with Gasteiger partial charge in [0.25, 0.3) is 0 Å². The van der Waals surface area contributed by atoms with Gasteiger partial charge in [0.15, 0.2) is 34.5 Å². The van der Waals surface area contributed by atoms with Crippen molar-refractivity contribution in [2.75, 3.05) is 98.3 Å². The van der Waals surface area contributed by atoms with Crippen molar-refractivity contribution >= 4 is 114 Å². The summed E-state index contributed by atoms with van der Waals surface area (Å²) in [4.78, 5) is 61.5. The Labute approximate surface area is 618 Å². The van der Waals surface area contributed by atoms with Crippen LogP contribution in [-0.4, -0.2) is 160 Å². The van der Waals surface area contributed by atoms with E-state index < -0.39 is 29.4 Å². The number of primary amides is 2. The summed E-state index contributed by atoms with van der Waals surface area (Å²) in [5.74, 6) is 4.65. The zero-order valence-electron chi connectivity index (χ0n) is 58.3. The minimum Gasteiger partial charge on any atom is -0.493 e. The molecular formula is C70H71Cl3F3N19O11. The molecule has 2 fully saturated rings. The number of nitrogens with zero attached hydrogens (tertiary/aromatic N) is 13. The number of amides is 2. The van der Waals surface area contributed by atoms with Crippen molar-refractivity contribution in [3.05, 3.63) is 162 Å². The zero-order valence-corrected chi connectivity index (χ0v) is 60.6. The van der Waals surface area contributed by atoms with Crippen molar-refractivity contribution in [2.24, 2.45) is 11.5 Å². The molecular weight excluding hydrogens is 1450 g/mol. The monoisotopic (exact) mass is 1520 g/mol. The predicted molar refractivity (Wildman–Crippen MR) is 394 cm³/mol. The second kappa shape index (κ2) is 34.9. The summed E-state index contributed by atoms with van der Waals surface area (Å²) in [7, 11) is 13.9. The van der Waals surface area contributed by atoms with Gasteiger partial charge in [-0.3, -0.25) is 9.59 Å². The normalized spacial score (nSPS) is 13.5. The number of halogens is 6. The highest BCUT2D eigenvalue weighted by molar-refractivity contribution is 6.35. The number of carbonyl (C=O) groups excluding carboxylic acids is 2. The first-order valence-electron chi connectivity index (χ1n) is 31.9. The molecule has 9 N–H and O–H groups in total. The largest absolute Gasteiger partial charge is 0.493 e. The number of benzene rings is 6. The molecule has 8 heterocycles. The molecule has 12 aromatic rings. The number of nitrogens with one attached hydrogen (secondary N) is 3. The van der Waals surface area contributed by atoms with Crippen LogP contribution in [0.2, 0.25) is 15.7 Å². The van der Waals surface area contributed by atoms with Gasteiger partial charge in [-0.2, -0.15) is 9.97 Å². The van der Waals surface area contributed by atoms with Gasteiger partial charge in [-0.25, -0.2) is 48.1 Å². The number of aromatic nitrogens is 12. The molecule has 0 aliphatic carbocycles. The molecule has 0 bridgehead atoms. The van der Waals surface area contributed by atoms with E-state index in [-0.39, 0.29) is 55.5 Å². The Morgan fingerprint density at radius 1 is 0.491 bits per heavy atom. The van der Waals surface area contributed by atoms with Crippen molar-refractivity contribution < 1.29 is 65.4 Å². The fourth-order valence-electron chi connectivity index (χ4n) is 11.3. The van der Waals surface area contributed by atoms with Gasteiger partial charge in [-0.15, -0.1) is 0 Å². The van der Waals surface area contributed by atoms with Gasteiger partial charge >= 0.3 is 0 Å². The Morgan fingerprint density at radius 3 is 1.28 bits per heavy atom. The van der Waals surface area contributed by atoms with E-state index in [0.717, 1.165) is 37.2 Å². The fraction of sp³-hybridized carbons (Fsp3) is 0.243. The molecule has 2 amide bonds. The molecule has 2 atom stereocenters. The molecule has 106 heavy (non-hydrogen) atoms. The maximum absolute atomic E-state index is 14.9. The molecule has 2 aliphatic heterocycles. The lowest BCUT2D eigenvalue weighted by Crippen LogP contribution is -2.41. The number of hydrogen-bond acceptors (Lipinski definition) is 25. The van der Waals surface area contributed by atoms with Gasteiger partial charge in [0.1, 0.15) is 76.7 Å².